The van der Waals surface area contributed by atoms with Gasteiger partial charge in [0.1, 0.15) is 5.56 Å². The van der Waals surface area contributed by atoms with Gasteiger partial charge in [-0.25, -0.2) is 26.7 Å². The first-order chi connectivity index (χ1) is 8.73. The molecule has 0 aliphatic rings. The van der Waals surface area contributed by atoms with Crippen LogP contribution in [0, 0.1) is 29.1 Å². The number of urea groups is 1. The normalized spacial score (nSPS) is 10.3. The third-order valence-electron chi connectivity index (χ3n) is 2.25. The molecule has 0 bridgehead atoms. The van der Waals surface area contributed by atoms with E-state index in [9.17, 15) is 31.5 Å². The Morgan fingerprint density at radius 3 is 1.63 bits per heavy atom. The van der Waals surface area contributed by atoms with Crippen LogP contribution in [0.25, 0.3) is 0 Å². The van der Waals surface area contributed by atoms with E-state index in [4.69, 9.17) is 0 Å². The number of rotatable bonds is 1. The number of carbonyl (C=O) groups excluding carboxylic acids is 2. The second-order valence-electron chi connectivity index (χ2n) is 3.36. The maximum Gasteiger partial charge on any atom is 0.323 e. The molecule has 1 rings (SSSR count). The van der Waals surface area contributed by atoms with Crippen LogP contribution in [-0.2, 0) is 0 Å². The van der Waals surface area contributed by atoms with Crippen molar-refractivity contribution in [2.24, 2.45) is 0 Å². The minimum Gasteiger partial charge on any atom is -0.341 e. The quantitative estimate of drug-likeness (QED) is 0.485. The van der Waals surface area contributed by atoms with Crippen LogP contribution in [0.2, 0.25) is 0 Å². The summed E-state index contributed by atoms with van der Waals surface area (Å²) in [6.07, 6.45) is 0. The molecular weight excluding hydrogens is 275 g/mol. The Kier molecular flexibility index (Phi) is 4.07. The molecule has 0 aromatic heterocycles. The molecule has 0 unspecified atom stereocenters. The highest BCUT2D eigenvalue weighted by molar-refractivity contribution is 6.04. The van der Waals surface area contributed by atoms with E-state index < -0.39 is 46.6 Å². The lowest BCUT2D eigenvalue weighted by atomic mass is 10.1. The molecule has 0 aliphatic carbocycles. The molecule has 104 valence electrons. The molecule has 9 heteroatoms. The fraction of sp³-hybridized carbons (Fsp3) is 0.200. The van der Waals surface area contributed by atoms with Gasteiger partial charge in [-0.3, -0.25) is 9.69 Å². The average molecular weight is 282 g/mol. The summed E-state index contributed by atoms with van der Waals surface area (Å²) in [6.45, 7) is 0. The van der Waals surface area contributed by atoms with Gasteiger partial charge >= 0.3 is 6.03 Å². The van der Waals surface area contributed by atoms with E-state index in [1.54, 1.807) is 0 Å². The molecule has 0 aliphatic heterocycles. The maximum absolute atomic E-state index is 13.3. The van der Waals surface area contributed by atoms with Crippen molar-refractivity contribution >= 4 is 11.9 Å². The third kappa shape index (κ3) is 2.35. The number of amides is 3. The summed E-state index contributed by atoms with van der Waals surface area (Å²) in [5.74, 6) is -13.1. The van der Waals surface area contributed by atoms with Crippen molar-refractivity contribution in [2.75, 3.05) is 14.1 Å². The van der Waals surface area contributed by atoms with Crippen molar-refractivity contribution < 1.29 is 31.5 Å². The van der Waals surface area contributed by atoms with E-state index in [0.717, 1.165) is 14.1 Å². The van der Waals surface area contributed by atoms with Crippen molar-refractivity contribution in [1.82, 2.24) is 10.2 Å². The average Bonchev–Trinajstić information content (AvgIpc) is 2.41. The standard InChI is InChI=1S/C10H7F5N2O2/c1-16-10(19)17(2)9(18)3-4(11)6(13)8(15)7(14)5(3)12/h1-2H3,(H,16,19). The molecule has 1 aromatic rings. The predicted octanol–water partition coefficient (Wildman–Crippen LogP) is 1.79. The summed E-state index contributed by atoms with van der Waals surface area (Å²) in [7, 11) is 1.93. The number of hydrogen-bond donors (Lipinski definition) is 1. The second kappa shape index (κ2) is 5.21. The SMILES string of the molecule is CNC(=O)N(C)C(=O)c1c(F)c(F)c(F)c(F)c1F. The number of imide groups is 1. The van der Waals surface area contributed by atoms with Gasteiger partial charge in [0.15, 0.2) is 23.3 Å². The fourth-order valence-electron chi connectivity index (χ4n) is 1.22. The topological polar surface area (TPSA) is 49.4 Å². The minimum atomic E-state index is -2.38. The van der Waals surface area contributed by atoms with Crippen molar-refractivity contribution in [3.63, 3.8) is 0 Å². The summed E-state index contributed by atoms with van der Waals surface area (Å²) in [6, 6.07) is -1.08. The highest BCUT2D eigenvalue weighted by Gasteiger charge is 2.32. The van der Waals surface area contributed by atoms with Crippen molar-refractivity contribution in [2.45, 2.75) is 0 Å². The van der Waals surface area contributed by atoms with Gasteiger partial charge in [0.05, 0.1) is 0 Å². The number of benzene rings is 1. The third-order valence-corrected chi connectivity index (χ3v) is 2.25. The molecule has 0 atom stereocenters. The van der Waals surface area contributed by atoms with E-state index in [1.165, 1.54) is 0 Å². The van der Waals surface area contributed by atoms with Crippen molar-refractivity contribution in [3.05, 3.63) is 34.6 Å². The van der Waals surface area contributed by atoms with Crippen LogP contribution < -0.4 is 5.32 Å². The first-order valence-corrected chi connectivity index (χ1v) is 4.75. The smallest absolute Gasteiger partial charge is 0.323 e. The van der Waals surface area contributed by atoms with Crippen LogP contribution >= 0.6 is 0 Å². The molecule has 0 saturated carbocycles. The number of nitrogens with zero attached hydrogens (tertiary/aromatic N) is 1. The highest BCUT2D eigenvalue weighted by atomic mass is 19.2. The fourth-order valence-corrected chi connectivity index (χ4v) is 1.22. The molecule has 3 amide bonds. The number of carbonyl (C=O) groups is 2. The Morgan fingerprint density at radius 1 is 0.895 bits per heavy atom. The van der Waals surface area contributed by atoms with Crippen LogP contribution in [-0.4, -0.2) is 30.9 Å². The van der Waals surface area contributed by atoms with E-state index in [-0.39, 0.29) is 4.90 Å². The molecular formula is C10H7F5N2O2. The molecule has 0 spiro atoms. The number of hydrogen-bond acceptors (Lipinski definition) is 2. The monoisotopic (exact) mass is 282 g/mol. The van der Waals surface area contributed by atoms with Gasteiger partial charge in [-0.2, -0.15) is 0 Å². The van der Waals surface area contributed by atoms with Crippen molar-refractivity contribution in [3.8, 4) is 0 Å². The summed E-state index contributed by atoms with van der Waals surface area (Å²) < 4.78 is 65.1. The Labute approximate surface area is 103 Å². The van der Waals surface area contributed by atoms with E-state index in [2.05, 4.69) is 0 Å². The Morgan fingerprint density at radius 2 is 1.26 bits per heavy atom. The molecule has 4 nitrogen and oxygen atoms in total. The Hall–Kier alpha value is -2.19. The molecule has 0 heterocycles. The largest absolute Gasteiger partial charge is 0.341 e. The summed E-state index contributed by atoms with van der Waals surface area (Å²) in [5.41, 5.74) is -1.69. The molecule has 19 heavy (non-hydrogen) atoms. The predicted molar refractivity (Wildman–Crippen MR) is 52.8 cm³/mol. The lowest BCUT2D eigenvalue weighted by Gasteiger charge is -2.16. The van der Waals surface area contributed by atoms with Gasteiger partial charge in [-0.15, -0.1) is 0 Å². The minimum absolute atomic E-state index is 0.179. The maximum atomic E-state index is 13.3. The van der Waals surface area contributed by atoms with Crippen LogP contribution in [0.4, 0.5) is 26.7 Å². The van der Waals surface area contributed by atoms with Crippen LogP contribution in [0.1, 0.15) is 10.4 Å². The number of nitrogens with one attached hydrogen (secondary N) is 1. The number of halogens is 5. The molecule has 1 N–H and O–H groups in total. The zero-order valence-electron chi connectivity index (χ0n) is 9.65. The zero-order valence-corrected chi connectivity index (χ0v) is 9.65. The highest BCUT2D eigenvalue weighted by Crippen LogP contribution is 2.23. The van der Waals surface area contributed by atoms with E-state index in [1.807, 2.05) is 5.32 Å². The lowest BCUT2D eigenvalue weighted by molar-refractivity contribution is 0.0820. The molecule has 0 radical (unpaired) electrons. The van der Waals surface area contributed by atoms with Crippen LogP contribution in [0.5, 0.6) is 0 Å². The van der Waals surface area contributed by atoms with Crippen molar-refractivity contribution in [1.29, 1.82) is 0 Å². The van der Waals surface area contributed by atoms with Gasteiger partial charge < -0.3 is 5.32 Å². The Balaban J connectivity index is 3.44. The molecule has 0 fully saturated rings. The van der Waals surface area contributed by atoms with Gasteiger partial charge in [-0.1, -0.05) is 0 Å². The van der Waals surface area contributed by atoms with Gasteiger partial charge in [0.25, 0.3) is 5.91 Å². The van der Waals surface area contributed by atoms with Gasteiger partial charge in [-0.05, 0) is 0 Å². The Bertz CT molecular complexity index is 532. The summed E-state index contributed by atoms with van der Waals surface area (Å²) >= 11 is 0. The summed E-state index contributed by atoms with van der Waals surface area (Å²) in [4.78, 5) is 22.8. The van der Waals surface area contributed by atoms with E-state index >= 15 is 0 Å². The molecule has 1 aromatic carbocycles. The second-order valence-corrected chi connectivity index (χ2v) is 3.36. The van der Waals surface area contributed by atoms with Crippen LogP contribution in [0.15, 0.2) is 0 Å². The first-order valence-electron chi connectivity index (χ1n) is 4.75. The lowest BCUT2D eigenvalue weighted by Crippen LogP contribution is -2.40. The molecule has 0 saturated heterocycles. The van der Waals surface area contributed by atoms with Gasteiger partial charge in [0.2, 0.25) is 5.82 Å². The van der Waals surface area contributed by atoms with E-state index in [0.29, 0.717) is 0 Å². The summed E-state index contributed by atoms with van der Waals surface area (Å²) in [5, 5.41) is 1.95. The van der Waals surface area contributed by atoms with Crippen LogP contribution in [0.3, 0.4) is 0 Å². The first kappa shape index (κ1) is 14.9. The zero-order chi connectivity index (χ0) is 14.9. The van der Waals surface area contributed by atoms with Gasteiger partial charge in [0, 0.05) is 14.1 Å².